The molecule has 2 amide bonds. The van der Waals surface area contributed by atoms with Crippen molar-refractivity contribution in [3.63, 3.8) is 0 Å². The maximum Gasteiger partial charge on any atom is 0.247 e. The second-order valence-electron chi connectivity index (χ2n) is 5.05. The van der Waals surface area contributed by atoms with E-state index in [4.69, 9.17) is 15.2 Å². The van der Waals surface area contributed by atoms with E-state index in [9.17, 15) is 9.59 Å². The van der Waals surface area contributed by atoms with Crippen LogP contribution in [0.1, 0.15) is 13.3 Å². The number of thioether (sulfide) groups is 1. The SMILES string of the molecule is CCOC[C@H](NC(=O)[C@@H](N)CCSC)C(=O)N1CCOCC1. The molecule has 22 heavy (non-hydrogen) atoms. The topological polar surface area (TPSA) is 93.9 Å². The molecule has 0 saturated carbocycles. The van der Waals surface area contributed by atoms with Gasteiger partial charge in [0.25, 0.3) is 0 Å². The van der Waals surface area contributed by atoms with Crippen LogP contribution in [-0.2, 0) is 19.1 Å². The molecular weight excluding hydrogens is 306 g/mol. The quantitative estimate of drug-likeness (QED) is 0.588. The Kier molecular flexibility index (Phi) is 9.45. The van der Waals surface area contributed by atoms with Crippen molar-refractivity contribution in [1.29, 1.82) is 0 Å². The number of hydrogen-bond donors (Lipinski definition) is 2. The first-order valence-corrected chi connectivity index (χ1v) is 8.98. The number of amides is 2. The van der Waals surface area contributed by atoms with Crippen LogP contribution < -0.4 is 11.1 Å². The molecule has 1 rings (SSSR count). The molecule has 0 aromatic heterocycles. The maximum absolute atomic E-state index is 12.5. The highest BCUT2D eigenvalue weighted by molar-refractivity contribution is 7.98. The van der Waals surface area contributed by atoms with E-state index < -0.39 is 12.1 Å². The predicted octanol–water partition coefficient (Wildman–Crippen LogP) is -0.553. The summed E-state index contributed by atoms with van der Waals surface area (Å²) in [6.45, 7) is 4.62. The van der Waals surface area contributed by atoms with Gasteiger partial charge in [0.2, 0.25) is 11.8 Å². The Morgan fingerprint density at radius 2 is 2.09 bits per heavy atom. The van der Waals surface area contributed by atoms with Gasteiger partial charge < -0.3 is 25.4 Å². The zero-order valence-corrected chi connectivity index (χ0v) is 14.2. The summed E-state index contributed by atoms with van der Waals surface area (Å²) in [7, 11) is 0. The molecule has 1 aliphatic heterocycles. The average molecular weight is 333 g/mol. The van der Waals surface area contributed by atoms with Gasteiger partial charge >= 0.3 is 0 Å². The van der Waals surface area contributed by atoms with Gasteiger partial charge in [-0.15, -0.1) is 0 Å². The standard InChI is InChI=1S/C14H27N3O4S/c1-3-20-10-12(14(19)17-5-7-21-8-6-17)16-13(18)11(15)4-9-22-2/h11-12H,3-10,15H2,1-2H3,(H,16,18)/t11-,12-/m0/s1. The van der Waals surface area contributed by atoms with Crippen molar-refractivity contribution in [2.24, 2.45) is 5.73 Å². The van der Waals surface area contributed by atoms with E-state index in [0.29, 0.717) is 39.3 Å². The summed E-state index contributed by atoms with van der Waals surface area (Å²) in [5.41, 5.74) is 5.85. The lowest BCUT2D eigenvalue weighted by molar-refractivity contribution is -0.141. The molecular formula is C14H27N3O4S. The molecule has 0 aromatic carbocycles. The zero-order valence-electron chi connectivity index (χ0n) is 13.4. The lowest BCUT2D eigenvalue weighted by Crippen LogP contribution is -2.56. The fraction of sp³-hybridized carbons (Fsp3) is 0.857. The van der Waals surface area contributed by atoms with Gasteiger partial charge in [0.05, 0.1) is 25.9 Å². The third-order valence-electron chi connectivity index (χ3n) is 3.40. The Labute approximate surface area is 136 Å². The number of nitrogens with one attached hydrogen (secondary N) is 1. The Bertz CT molecular complexity index is 351. The summed E-state index contributed by atoms with van der Waals surface area (Å²) in [5, 5.41) is 2.73. The van der Waals surface area contributed by atoms with Crippen molar-refractivity contribution >= 4 is 23.6 Å². The Morgan fingerprint density at radius 3 is 2.68 bits per heavy atom. The molecule has 0 unspecified atom stereocenters. The summed E-state index contributed by atoms with van der Waals surface area (Å²) in [6, 6.07) is -1.29. The van der Waals surface area contributed by atoms with Crippen LogP contribution in [0.25, 0.3) is 0 Å². The molecule has 128 valence electrons. The lowest BCUT2D eigenvalue weighted by atomic mass is 10.2. The molecule has 0 aromatic rings. The van der Waals surface area contributed by atoms with E-state index in [1.165, 1.54) is 0 Å². The molecule has 0 aliphatic carbocycles. The third kappa shape index (κ3) is 6.51. The fourth-order valence-corrected chi connectivity index (χ4v) is 2.56. The molecule has 2 atom stereocenters. The highest BCUT2D eigenvalue weighted by Gasteiger charge is 2.28. The second-order valence-corrected chi connectivity index (χ2v) is 6.03. The Balaban J connectivity index is 2.58. The first-order chi connectivity index (χ1) is 10.6. The highest BCUT2D eigenvalue weighted by atomic mass is 32.2. The van der Waals surface area contributed by atoms with Crippen LogP contribution in [0, 0.1) is 0 Å². The van der Waals surface area contributed by atoms with Crippen molar-refractivity contribution in [3.8, 4) is 0 Å². The van der Waals surface area contributed by atoms with E-state index >= 15 is 0 Å². The molecule has 0 spiro atoms. The number of nitrogens with two attached hydrogens (primary N) is 1. The largest absolute Gasteiger partial charge is 0.379 e. The first-order valence-electron chi connectivity index (χ1n) is 7.59. The molecule has 8 heteroatoms. The highest BCUT2D eigenvalue weighted by Crippen LogP contribution is 2.04. The van der Waals surface area contributed by atoms with Crippen LogP contribution in [0.5, 0.6) is 0 Å². The summed E-state index contributed by atoms with van der Waals surface area (Å²) >= 11 is 1.64. The fourth-order valence-electron chi connectivity index (χ4n) is 2.07. The number of carbonyl (C=O) groups is 2. The van der Waals surface area contributed by atoms with Crippen molar-refractivity contribution in [3.05, 3.63) is 0 Å². The van der Waals surface area contributed by atoms with Crippen LogP contribution in [0.15, 0.2) is 0 Å². The first kappa shape index (κ1) is 19.2. The molecule has 0 radical (unpaired) electrons. The maximum atomic E-state index is 12.5. The van der Waals surface area contributed by atoms with Gasteiger partial charge in [-0.3, -0.25) is 9.59 Å². The van der Waals surface area contributed by atoms with E-state index in [-0.39, 0.29) is 18.4 Å². The van der Waals surface area contributed by atoms with Crippen molar-refractivity contribution in [2.75, 3.05) is 51.5 Å². The van der Waals surface area contributed by atoms with Crippen molar-refractivity contribution in [2.45, 2.75) is 25.4 Å². The lowest BCUT2D eigenvalue weighted by Gasteiger charge is -2.31. The molecule has 0 bridgehead atoms. The third-order valence-corrected chi connectivity index (χ3v) is 4.04. The van der Waals surface area contributed by atoms with Gasteiger partial charge in [-0.25, -0.2) is 0 Å². The van der Waals surface area contributed by atoms with E-state index in [0.717, 1.165) is 5.75 Å². The van der Waals surface area contributed by atoms with Gasteiger partial charge in [0.1, 0.15) is 6.04 Å². The number of morpholine rings is 1. The summed E-state index contributed by atoms with van der Waals surface area (Å²) in [4.78, 5) is 26.3. The molecule has 7 nitrogen and oxygen atoms in total. The zero-order chi connectivity index (χ0) is 16.4. The van der Waals surface area contributed by atoms with Gasteiger partial charge in [0, 0.05) is 19.7 Å². The van der Waals surface area contributed by atoms with Gasteiger partial charge in [-0.2, -0.15) is 11.8 Å². The van der Waals surface area contributed by atoms with Gasteiger partial charge in [-0.1, -0.05) is 0 Å². The minimum Gasteiger partial charge on any atom is -0.379 e. The van der Waals surface area contributed by atoms with E-state index in [1.54, 1.807) is 16.7 Å². The van der Waals surface area contributed by atoms with Crippen LogP contribution in [0.2, 0.25) is 0 Å². The van der Waals surface area contributed by atoms with Crippen LogP contribution in [0.3, 0.4) is 0 Å². The van der Waals surface area contributed by atoms with E-state index in [2.05, 4.69) is 5.32 Å². The predicted molar refractivity (Wildman–Crippen MR) is 86.8 cm³/mol. The number of carbonyl (C=O) groups excluding carboxylic acids is 2. The van der Waals surface area contributed by atoms with E-state index in [1.807, 2.05) is 13.2 Å². The second kappa shape index (κ2) is 10.8. The smallest absolute Gasteiger partial charge is 0.247 e. The number of nitrogens with zero attached hydrogens (tertiary/aromatic N) is 1. The molecule has 1 heterocycles. The molecule has 3 N–H and O–H groups in total. The number of hydrogen-bond acceptors (Lipinski definition) is 6. The normalized spacial score (nSPS) is 17.9. The summed E-state index contributed by atoms with van der Waals surface area (Å²) < 4.78 is 10.6. The van der Waals surface area contributed by atoms with Crippen LogP contribution in [-0.4, -0.2) is 80.3 Å². The molecule has 1 aliphatic rings. The van der Waals surface area contributed by atoms with Crippen molar-refractivity contribution < 1.29 is 19.1 Å². The average Bonchev–Trinajstić information content (AvgIpc) is 2.56. The number of ether oxygens (including phenoxy) is 2. The monoisotopic (exact) mass is 333 g/mol. The van der Waals surface area contributed by atoms with Gasteiger partial charge in [0.15, 0.2) is 0 Å². The Morgan fingerprint density at radius 1 is 1.41 bits per heavy atom. The molecule has 1 saturated heterocycles. The van der Waals surface area contributed by atoms with Gasteiger partial charge in [-0.05, 0) is 25.4 Å². The van der Waals surface area contributed by atoms with Crippen molar-refractivity contribution in [1.82, 2.24) is 10.2 Å². The molecule has 1 fully saturated rings. The Hall–Kier alpha value is -0.830. The van der Waals surface area contributed by atoms with Crippen LogP contribution in [0.4, 0.5) is 0 Å². The summed E-state index contributed by atoms with van der Waals surface area (Å²) in [5.74, 6) is 0.366. The minimum atomic E-state index is -0.689. The summed E-state index contributed by atoms with van der Waals surface area (Å²) in [6.07, 6.45) is 2.55. The number of rotatable bonds is 9. The minimum absolute atomic E-state index is 0.137. The van der Waals surface area contributed by atoms with Crippen LogP contribution >= 0.6 is 11.8 Å².